The average Bonchev–Trinajstić information content (AvgIpc) is 2.83. The summed E-state index contributed by atoms with van der Waals surface area (Å²) in [7, 11) is 0. The Morgan fingerprint density at radius 2 is 2.05 bits per heavy atom. The molecule has 0 amide bonds. The fourth-order valence-corrected chi connectivity index (χ4v) is 4.82. The third-order valence-corrected chi connectivity index (χ3v) is 6.02. The zero-order valence-corrected chi connectivity index (χ0v) is 15.5. The lowest BCUT2D eigenvalue weighted by Crippen LogP contribution is -2.41. The number of halogens is 1. The third kappa shape index (κ3) is 5.26. The fourth-order valence-electron chi connectivity index (χ4n) is 3.55. The lowest BCUT2D eigenvalue weighted by Gasteiger charge is -2.37. The van der Waals surface area contributed by atoms with Gasteiger partial charge in [-0.2, -0.15) is 0 Å². The number of hydrogen-bond acceptors (Lipinski definition) is 2. The molecule has 3 unspecified atom stereocenters. The fraction of sp³-hybridized carbons (Fsp3) is 0.778. The molecule has 1 aliphatic carbocycles. The standard InChI is InChI=1S/C18H30ClNS/c1-5-6-13-7-8-14(12-20-18(2,3)4)15(11-13)16-9-10-17(19)21-16/h9-10,13-15,20H,5-8,11-12H2,1-4H3. The molecule has 1 saturated carbocycles. The van der Waals surface area contributed by atoms with Crippen molar-refractivity contribution in [2.24, 2.45) is 11.8 Å². The van der Waals surface area contributed by atoms with Gasteiger partial charge in [0.25, 0.3) is 0 Å². The molecular formula is C18H30ClNS. The molecule has 1 heterocycles. The molecule has 0 aliphatic heterocycles. The first-order valence-electron chi connectivity index (χ1n) is 8.39. The van der Waals surface area contributed by atoms with Gasteiger partial charge in [-0.25, -0.2) is 0 Å². The maximum absolute atomic E-state index is 6.18. The molecule has 1 aromatic rings. The summed E-state index contributed by atoms with van der Waals surface area (Å²) in [6, 6.07) is 4.33. The molecule has 1 aliphatic rings. The van der Waals surface area contributed by atoms with Crippen LogP contribution in [0.2, 0.25) is 4.34 Å². The highest BCUT2D eigenvalue weighted by Gasteiger charge is 2.32. The highest BCUT2D eigenvalue weighted by molar-refractivity contribution is 7.16. The van der Waals surface area contributed by atoms with Gasteiger partial charge in [-0.3, -0.25) is 0 Å². The second-order valence-electron chi connectivity index (χ2n) is 7.61. The summed E-state index contributed by atoms with van der Waals surface area (Å²) >= 11 is 7.97. The first-order valence-corrected chi connectivity index (χ1v) is 9.58. The minimum atomic E-state index is 0.206. The van der Waals surface area contributed by atoms with Crippen LogP contribution in [0.15, 0.2) is 12.1 Å². The van der Waals surface area contributed by atoms with Crippen molar-refractivity contribution in [3.05, 3.63) is 21.3 Å². The summed E-state index contributed by atoms with van der Waals surface area (Å²) in [4.78, 5) is 1.50. The van der Waals surface area contributed by atoms with Crippen LogP contribution in [-0.2, 0) is 0 Å². The monoisotopic (exact) mass is 327 g/mol. The number of nitrogens with one attached hydrogen (secondary N) is 1. The largest absolute Gasteiger partial charge is 0.312 e. The van der Waals surface area contributed by atoms with E-state index in [0.717, 1.165) is 22.7 Å². The summed E-state index contributed by atoms with van der Waals surface area (Å²) in [6.45, 7) is 10.2. The molecule has 0 saturated heterocycles. The minimum Gasteiger partial charge on any atom is -0.312 e. The van der Waals surface area contributed by atoms with Gasteiger partial charge in [-0.05, 0) is 70.0 Å². The SMILES string of the molecule is CCCC1CCC(CNC(C)(C)C)C(c2ccc(Cl)s2)C1. The van der Waals surface area contributed by atoms with Crippen LogP contribution in [0.4, 0.5) is 0 Å². The molecule has 0 aromatic carbocycles. The van der Waals surface area contributed by atoms with Gasteiger partial charge in [0.2, 0.25) is 0 Å². The molecule has 0 radical (unpaired) electrons. The van der Waals surface area contributed by atoms with E-state index in [0.29, 0.717) is 5.92 Å². The summed E-state index contributed by atoms with van der Waals surface area (Å²) in [6.07, 6.45) is 6.80. The molecule has 1 nitrogen and oxygen atoms in total. The Labute approximate surface area is 139 Å². The smallest absolute Gasteiger partial charge is 0.0931 e. The van der Waals surface area contributed by atoms with Gasteiger partial charge >= 0.3 is 0 Å². The Balaban J connectivity index is 2.06. The lowest BCUT2D eigenvalue weighted by atomic mass is 9.72. The van der Waals surface area contributed by atoms with E-state index in [-0.39, 0.29) is 5.54 Å². The molecule has 1 N–H and O–H groups in total. The molecule has 1 fully saturated rings. The first kappa shape index (κ1) is 17.3. The lowest BCUT2D eigenvalue weighted by molar-refractivity contribution is 0.211. The Hall–Kier alpha value is -0.0500. The Morgan fingerprint density at radius 1 is 1.29 bits per heavy atom. The molecule has 1 aromatic heterocycles. The highest BCUT2D eigenvalue weighted by Crippen LogP contribution is 2.44. The average molecular weight is 328 g/mol. The van der Waals surface area contributed by atoms with Crippen molar-refractivity contribution in [3.63, 3.8) is 0 Å². The topological polar surface area (TPSA) is 12.0 Å². The predicted octanol–water partition coefficient (Wildman–Crippen LogP) is 6.09. The molecule has 0 spiro atoms. The van der Waals surface area contributed by atoms with Gasteiger partial charge in [-0.1, -0.05) is 37.8 Å². The molecule has 3 atom stereocenters. The molecule has 21 heavy (non-hydrogen) atoms. The van der Waals surface area contributed by atoms with E-state index in [9.17, 15) is 0 Å². The van der Waals surface area contributed by atoms with E-state index < -0.39 is 0 Å². The molecule has 120 valence electrons. The van der Waals surface area contributed by atoms with Crippen molar-refractivity contribution in [2.75, 3.05) is 6.54 Å². The zero-order valence-electron chi connectivity index (χ0n) is 13.9. The van der Waals surface area contributed by atoms with Crippen LogP contribution in [0.1, 0.15) is 70.6 Å². The second-order valence-corrected chi connectivity index (χ2v) is 9.35. The highest BCUT2D eigenvalue weighted by atomic mass is 35.5. The van der Waals surface area contributed by atoms with Crippen LogP contribution in [0.5, 0.6) is 0 Å². The van der Waals surface area contributed by atoms with Crippen LogP contribution in [0.25, 0.3) is 0 Å². The third-order valence-electron chi connectivity index (χ3n) is 4.65. The maximum Gasteiger partial charge on any atom is 0.0931 e. The summed E-state index contributed by atoms with van der Waals surface area (Å²) in [5, 5.41) is 3.72. The van der Waals surface area contributed by atoms with Gasteiger partial charge in [0, 0.05) is 10.4 Å². The normalized spacial score (nSPS) is 27.0. The van der Waals surface area contributed by atoms with Gasteiger partial charge in [0.15, 0.2) is 0 Å². The van der Waals surface area contributed by atoms with Crippen molar-refractivity contribution in [3.8, 4) is 0 Å². The van der Waals surface area contributed by atoms with Gasteiger partial charge in [0.1, 0.15) is 0 Å². The summed E-state index contributed by atoms with van der Waals surface area (Å²) in [5.74, 6) is 2.36. The zero-order chi connectivity index (χ0) is 15.5. The van der Waals surface area contributed by atoms with E-state index in [2.05, 4.69) is 45.1 Å². The predicted molar refractivity (Wildman–Crippen MR) is 95.6 cm³/mol. The molecule has 2 rings (SSSR count). The van der Waals surface area contributed by atoms with E-state index in [1.807, 2.05) is 0 Å². The van der Waals surface area contributed by atoms with Crippen molar-refractivity contribution < 1.29 is 0 Å². The number of hydrogen-bond donors (Lipinski definition) is 1. The van der Waals surface area contributed by atoms with Crippen LogP contribution < -0.4 is 5.32 Å². The van der Waals surface area contributed by atoms with Crippen LogP contribution in [-0.4, -0.2) is 12.1 Å². The van der Waals surface area contributed by atoms with Crippen molar-refractivity contribution in [1.29, 1.82) is 0 Å². The van der Waals surface area contributed by atoms with E-state index in [1.165, 1.54) is 37.0 Å². The second kappa shape index (κ2) is 7.48. The van der Waals surface area contributed by atoms with Crippen molar-refractivity contribution in [1.82, 2.24) is 5.32 Å². The Morgan fingerprint density at radius 3 is 2.62 bits per heavy atom. The summed E-state index contributed by atoms with van der Waals surface area (Å²) < 4.78 is 0.935. The van der Waals surface area contributed by atoms with E-state index >= 15 is 0 Å². The maximum atomic E-state index is 6.18. The Kier molecular flexibility index (Phi) is 6.16. The molecular weight excluding hydrogens is 298 g/mol. The van der Waals surface area contributed by atoms with Crippen molar-refractivity contribution in [2.45, 2.75) is 71.3 Å². The quantitative estimate of drug-likeness (QED) is 0.690. The van der Waals surface area contributed by atoms with E-state index in [4.69, 9.17) is 11.6 Å². The van der Waals surface area contributed by atoms with Gasteiger partial charge in [0.05, 0.1) is 4.34 Å². The van der Waals surface area contributed by atoms with Gasteiger partial charge in [-0.15, -0.1) is 11.3 Å². The van der Waals surface area contributed by atoms with Gasteiger partial charge < -0.3 is 5.32 Å². The number of thiophene rings is 1. The molecule has 0 bridgehead atoms. The number of rotatable bonds is 5. The molecule has 3 heteroatoms. The van der Waals surface area contributed by atoms with E-state index in [1.54, 1.807) is 11.3 Å². The first-order chi connectivity index (χ1) is 9.89. The van der Waals surface area contributed by atoms with Crippen LogP contribution in [0, 0.1) is 11.8 Å². The Bertz CT molecular complexity index is 435. The van der Waals surface area contributed by atoms with Crippen molar-refractivity contribution >= 4 is 22.9 Å². The van der Waals surface area contributed by atoms with Crippen LogP contribution >= 0.6 is 22.9 Å². The van der Waals surface area contributed by atoms with Crippen LogP contribution in [0.3, 0.4) is 0 Å². The summed E-state index contributed by atoms with van der Waals surface area (Å²) in [5.41, 5.74) is 0.206. The minimum absolute atomic E-state index is 0.206.